The molecule has 1 aromatic carbocycles. The number of carbonyl (C=O) groups is 2. The van der Waals surface area contributed by atoms with Gasteiger partial charge in [0.25, 0.3) is 0 Å². The van der Waals surface area contributed by atoms with Crippen molar-refractivity contribution >= 4 is 11.8 Å². The third kappa shape index (κ3) is 3.96. The second-order valence-corrected chi connectivity index (χ2v) is 6.58. The summed E-state index contributed by atoms with van der Waals surface area (Å²) in [6.45, 7) is 6.12. The maximum Gasteiger partial charge on any atom is 0.339 e. The average Bonchev–Trinajstić information content (AvgIpc) is 2.94. The first-order valence-corrected chi connectivity index (χ1v) is 8.57. The van der Waals surface area contributed by atoms with Crippen LogP contribution in [-0.4, -0.2) is 44.0 Å². The summed E-state index contributed by atoms with van der Waals surface area (Å²) in [5.41, 5.74) is 3.29. The molecule has 1 heterocycles. The van der Waals surface area contributed by atoms with Crippen LogP contribution in [0.4, 0.5) is 0 Å². The molecule has 2 aromatic rings. The lowest BCUT2D eigenvalue weighted by molar-refractivity contribution is -0.907. The van der Waals surface area contributed by atoms with Crippen LogP contribution in [0.15, 0.2) is 24.3 Å². The van der Waals surface area contributed by atoms with Crippen LogP contribution in [-0.2, 0) is 11.3 Å². The van der Waals surface area contributed by atoms with E-state index < -0.39 is 5.97 Å². The van der Waals surface area contributed by atoms with Crippen molar-refractivity contribution in [1.29, 1.82) is 0 Å². The number of aromatic nitrogens is 1. The van der Waals surface area contributed by atoms with E-state index >= 15 is 0 Å². The van der Waals surface area contributed by atoms with Gasteiger partial charge in [0.1, 0.15) is 12.3 Å². The van der Waals surface area contributed by atoms with Gasteiger partial charge in [-0.25, -0.2) is 4.79 Å². The number of quaternary nitrogens is 1. The molecule has 0 fully saturated rings. The van der Waals surface area contributed by atoms with E-state index in [-0.39, 0.29) is 11.8 Å². The summed E-state index contributed by atoms with van der Waals surface area (Å²) >= 11 is 0. The normalized spacial score (nSPS) is 13.2. The van der Waals surface area contributed by atoms with Crippen LogP contribution in [0.3, 0.4) is 0 Å². The summed E-state index contributed by atoms with van der Waals surface area (Å²) in [5, 5.41) is 0. The van der Waals surface area contributed by atoms with Gasteiger partial charge in [0.05, 0.1) is 32.5 Å². The van der Waals surface area contributed by atoms with Gasteiger partial charge in [-0.1, -0.05) is 12.1 Å². The standard InChI is InChI=1S/C20H26N2O4/c1-12-17(20(24)26-6)13(2)21-18(12)19(23)14(3)22(4)11-15-8-7-9-16(10-15)25-5/h7-10,14,21H,11H2,1-6H3/p+1/t14-/m1/s1. The van der Waals surface area contributed by atoms with Crippen molar-refractivity contribution in [2.45, 2.75) is 33.4 Å². The molecule has 2 rings (SSSR count). The first-order chi connectivity index (χ1) is 12.3. The Morgan fingerprint density at radius 1 is 1.23 bits per heavy atom. The molecule has 0 radical (unpaired) electrons. The molecule has 26 heavy (non-hydrogen) atoms. The van der Waals surface area contributed by atoms with Gasteiger partial charge in [-0.3, -0.25) is 4.79 Å². The van der Waals surface area contributed by atoms with E-state index in [9.17, 15) is 9.59 Å². The van der Waals surface area contributed by atoms with E-state index in [4.69, 9.17) is 9.47 Å². The number of aromatic amines is 1. The number of likely N-dealkylation sites (N-methyl/N-ethyl adjacent to an activating group) is 1. The van der Waals surface area contributed by atoms with Gasteiger partial charge in [-0.05, 0) is 38.5 Å². The number of H-pyrrole nitrogens is 1. The van der Waals surface area contributed by atoms with Crippen LogP contribution in [0.1, 0.15) is 44.6 Å². The van der Waals surface area contributed by atoms with Gasteiger partial charge in [0.15, 0.2) is 6.04 Å². The molecule has 6 heteroatoms. The lowest BCUT2D eigenvalue weighted by Crippen LogP contribution is -3.12. The highest BCUT2D eigenvalue weighted by molar-refractivity contribution is 6.03. The van der Waals surface area contributed by atoms with Gasteiger partial charge >= 0.3 is 5.97 Å². The van der Waals surface area contributed by atoms with Crippen molar-refractivity contribution in [3.05, 3.63) is 52.3 Å². The molecular weight excluding hydrogens is 332 g/mol. The van der Waals surface area contributed by atoms with Crippen molar-refractivity contribution in [3.8, 4) is 5.75 Å². The zero-order valence-electron chi connectivity index (χ0n) is 16.2. The van der Waals surface area contributed by atoms with Crippen LogP contribution < -0.4 is 9.64 Å². The number of ether oxygens (including phenoxy) is 2. The first kappa shape index (κ1) is 19.7. The number of hydrogen-bond acceptors (Lipinski definition) is 4. The van der Waals surface area contributed by atoms with Crippen LogP contribution in [0.5, 0.6) is 5.75 Å². The predicted molar refractivity (Wildman–Crippen MR) is 99.0 cm³/mol. The highest BCUT2D eigenvalue weighted by atomic mass is 16.5. The van der Waals surface area contributed by atoms with Crippen molar-refractivity contribution in [1.82, 2.24) is 4.98 Å². The van der Waals surface area contributed by atoms with E-state index in [1.54, 1.807) is 21.0 Å². The monoisotopic (exact) mass is 359 g/mol. The van der Waals surface area contributed by atoms with E-state index in [1.165, 1.54) is 7.11 Å². The van der Waals surface area contributed by atoms with Gasteiger partial charge in [0, 0.05) is 11.3 Å². The zero-order chi connectivity index (χ0) is 19.4. The molecule has 0 saturated heterocycles. The Labute approximate surface area is 154 Å². The van der Waals surface area contributed by atoms with Gasteiger partial charge in [0.2, 0.25) is 5.78 Å². The van der Waals surface area contributed by atoms with Gasteiger partial charge in [-0.15, -0.1) is 0 Å². The molecule has 2 atom stereocenters. The fraction of sp³-hybridized carbons (Fsp3) is 0.400. The summed E-state index contributed by atoms with van der Waals surface area (Å²) in [7, 11) is 4.95. The molecule has 1 unspecified atom stereocenters. The third-order valence-corrected chi connectivity index (χ3v) is 4.82. The molecule has 1 aromatic heterocycles. The Hall–Kier alpha value is -2.60. The van der Waals surface area contributed by atoms with Crippen LogP contribution in [0.25, 0.3) is 0 Å². The Morgan fingerprint density at radius 2 is 1.92 bits per heavy atom. The number of carbonyl (C=O) groups excluding carboxylic acids is 2. The SMILES string of the molecule is COC(=O)c1c(C)[nH]c(C(=O)[C@@H](C)[NH+](C)Cc2cccc(OC)c2)c1C. The van der Waals surface area contributed by atoms with Crippen molar-refractivity contribution in [2.24, 2.45) is 0 Å². The molecule has 0 bridgehead atoms. The molecule has 0 saturated carbocycles. The number of benzene rings is 1. The summed E-state index contributed by atoms with van der Waals surface area (Å²) in [6, 6.07) is 7.55. The second kappa shape index (κ2) is 8.19. The molecule has 0 aliphatic heterocycles. The molecular formula is C20H27N2O4+. The molecule has 0 spiro atoms. The number of nitrogens with one attached hydrogen (secondary N) is 2. The highest BCUT2D eigenvalue weighted by Crippen LogP contribution is 2.20. The van der Waals surface area contributed by atoms with Crippen molar-refractivity contribution in [3.63, 3.8) is 0 Å². The van der Waals surface area contributed by atoms with Crippen molar-refractivity contribution < 1.29 is 24.0 Å². The Bertz CT molecular complexity index is 810. The van der Waals surface area contributed by atoms with E-state index in [0.29, 0.717) is 29.1 Å². The first-order valence-electron chi connectivity index (χ1n) is 8.57. The topological polar surface area (TPSA) is 72.8 Å². The predicted octanol–water partition coefficient (Wildman–Crippen LogP) is 1.71. The fourth-order valence-corrected chi connectivity index (χ4v) is 3.10. The smallest absolute Gasteiger partial charge is 0.339 e. The van der Waals surface area contributed by atoms with Crippen molar-refractivity contribution in [2.75, 3.05) is 21.3 Å². The second-order valence-electron chi connectivity index (χ2n) is 6.58. The van der Waals surface area contributed by atoms with Crippen LogP contribution >= 0.6 is 0 Å². The summed E-state index contributed by atoms with van der Waals surface area (Å²) in [4.78, 5) is 29.0. The third-order valence-electron chi connectivity index (χ3n) is 4.82. The summed E-state index contributed by atoms with van der Waals surface area (Å²) in [5.74, 6) is 0.342. The number of hydrogen-bond donors (Lipinski definition) is 2. The van der Waals surface area contributed by atoms with Crippen LogP contribution in [0, 0.1) is 13.8 Å². The summed E-state index contributed by atoms with van der Waals surface area (Å²) < 4.78 is 10.1. The summed E-state index contributed by atoms with van der Waals surface area (Å²) in [6.07, 6.45) is 0. The molecule has 2 N–H and O–H groups in total. The Balaban J connectivity index is 2.19. The molecule has 6 nitrogen and oxygen atoms in total. The number of Topliss-reactive ketones (excluding diaryl/α,β-unsaturated/α-hetero) is 1. The number of aryl methyl sites for hydroxylation is 1. The number of esters is 1. The maximum absolute atomic E-state index is 13.0. The minimum absolute atomic E-state index is 0.0267. The van der Waals surface area contributed by atoms with Crippen LogP contribution in [0.2, 0.25) is 0 Å². The minimum atomic E-state index is -0.431. The van der Waals surface area contributed by atoms with E-state index in [1.807, 2.05) is 38.2 Å². The van der Waals surface area contributed by atoms with E-state index in [0.717, 1.165) is 16.2 Å². The zero-order valence-corrected chi connectivity index (χ0v) is 16.2. The minimum Gasteiger partial charge on any atom is -0.497 e. The number of methoxy groups -OCH3 is 2. The molecule has 0 aliphatic carbocycles. The number of ketones is 1. The Kier molecular flexibility index (Phi) is 6.21. The molecule has 140 valence electrons. The molecule has 0 amide bonds. The lowest BCUT2D eigenvalue weighted by atomic mass is 10.0. The quantitative estimate of drug-likeness (QED) is 0.583. The number of rotatable bonds is 7. The fourth-order valence-electron chi connectivity index (χ4n) is 3.10. The maximum atomic E-state index is 13.0. The van der Waals surface area contributed by atoms with Gasteiger partial charge in [-0.2, -0.15) is 0 Å². The lowest BCUT2D eigenvalue weighted by Gasteiger charge is -2.21. The largest absolute Gasteiger partial charge is 0.497 e. The Morgan fingerprint density at radius 3 is 2.54 bits per heavy atom. The highest BCUT2D eigenvalue weighted by Gasteiger charge is 2.29. The molecule has 0 aliphatic rings. The van der Waals surface area contributed by atoms with Gasteiger partial charge < -0.3 is 19.4 Å². The average molecular weight is 359 g/mol. The van der Waals surface area contributed by atoms with E-state index in [2.05, 4.69) is 4.98 Å².